The molecule has 2 rings (SSSR count). The van der Waals surface area contributed by atoms with Gasteiger partial charge in [0, 0.05) is 29.4 Å². The predicted octanol–water partition coefficient (Wildman–Crippen LogP) is 2.95. The monoisotopic (exact) mass is 346 g/mol. The molecule has 0 spiro atoms. The summed E-state index contributed by atoms with van der Waals surface area (Å²) in [6.07, 6.45) is 0. The highest BCUT2D eigenvalue weighted by atomic mass is 32.2. The number of aryl methyl sites for hydroxylation is 2. The van der Waals surface area contributed by atoms with Crippen molar-refractivity contribution < 1.29 is 14.7 Å². The van der Waals surface area contributed by atoms with E-state index >= 15 is 0 Å². The summed E-state index contributed by atoms with van der Waals surface area (Å²) in [5, 5.41) is 11.4. The average Bonchev–Trinajstić information content (AvgIpc) is 2.81. The van der Waals surface area contributed by atoms with Gasteiger partial charge in [-0.1, -0.05) is 12.1 Å². The largest absolute Gasteiger partial charge is 0.481 e. The van der Waals surface area contributed by atoms with Gasteiger partial charge in [-0.05, 0) is 44.5 Å². The van der Waals surface area contributed by atoms with Gasteiger partial charge in [-0.3, -0.25) is 9.59 Å². The van der Waals surface area contributed by atoms with E-state index in [-0.39, 0.29) is 11.7 Å². The molecule has 0 unspecified atom stereocenters. The van der Waals surface area contributed by atoms with Crippen molar-refractivity contribution in [1.82, 2.24) is 9.88 Å². The Labute approximate surface area is 146 Å². The molecule has 0 aliphatic heterocycles. The quantitative estimate of drug-likeness (QED) is 0.756. The molecular weight excluding hydrogens is 324 g/mol. The van der Waals surface area contributed by atoms with Gasteiger partial charge in [0.05, 0.1) is 11.3 Å². The molecule has 24 heavy (non-hydrogen) atoms. The first-order valence-electron chi connectivity index (χ1n) is 7.74. The second-order valence-corrected chi connectivity index (χ2v) is 6.77. The van der Waals surface area contributed by atoms with Gasteiger partial charge in [-0.25, -0.2) is 0 Å². The molecule has 1 aromatic carbocycles. The molecule has 0 aliphatic rings. The number of carboxylic acid groups (broad SMARTS) is 1. The van der Waals surface area contributed by atoms with Crippen LogP contribution in [0.25, 0.3) is 5.69 Å². The van der Waals surface area contributed by atoms with E-state index in [1.807, 2.05) is 45.0 Å². The molecule has 0 saturated carbocycles. The maximum atomic E-state index is 12.4. The summed E-state index contributed by atoms with van der Waals surface area (Å²) >= 11 is 1.29. The number of carbonyl (C=O) groups excluding carboxylic acids is 1. The van der Waals surface area contributed by atoms with Gasteiger partial charge >= 0.3 is 5.97 Å². The van der Waals surface area contributed by atoms with Crippen LogP contribution in [-0.2, 0) is 4.79 Å². The smallest absolute Gasteiger partial charge is 0.313 e. The number of nitrogens with zero attached hydrogens (tertiary/aromatic N) is 1. The molecule has 0 aliphatic carbocycles. The average molecular weight is 346 g/mol. The van der Waals surface area contributed by atoms with Gasteiger partial charge in [0.1, 0.15) is 0 Å². The summed E-state index contributed by atoms with van der Waals surface area (Å²) in [5.41, 5.74) is 4.76. The minimum atomic E-state index is -0.840. The summed E-state index contributed by atoms with van der Waals surface area (Å²) in [4.78, 5) is 22.8. The Morgan fingerprint density at radius 2 is 1.96 bits per heavy atom. The van der Waals surface area contributed by atoms with Crippen LogP contribution in [0.15, 0.2) is 30.3 Å². The van der Waals surface area contributed by atoms with E-state index in [1.165, 1.54) is 17.3 Å². The van der Waals surface area contributed by atoms with Crippen LogP contribution in [0.1, 0.15) is 27.3 Å². The van der Waals surface area contributed by atoms with Crippen molar-refractivity contribution in [1.29, 1.82) is 0 Å². The van der Waals surface area contributed by atoms with E-state index in [1.54, 1.807) is 0 Å². The molecular formula is C18H22N2O3S. The normalized spacial score (nSPS) is 10.6. The molecule has 0 bridgehead atoms. The van der Waals surface area contributed by atoms with Gasteiger partial charge in [-0.2, -0.15) is 0 Å². The molecule has 0 atom stereocenters. The molecule has 128 valence electrons. The summed E-state index contributed by atoms with van der Waals surface area (Å²) in [6, 6.07) is 10.0. The minimum absolute atomic E-state index is 0.0533. The van der Waals surface area contributed by atoms with Gasteiger partial charge in [0.2, 0.25) is 0 Å². The van der Waals surface area contributed by atoms with Crippen molar-refractivity contribution >= 4 is 23.6 Å². The lowest BCUT2D eigenvalue weighted by Gasteiger charge is -2.11. The van der Waals surface area contributed by atoms with Crippen molar-refractivity contribution in [2.24, 2.45) is 0 Å². The number of hydrogen-bond acceptors (Lipinski definition) is 3. The van der Waals surface area contributed by atoms with Crippen LogP contribution in [0.5, 0.6) is 0 Å². The number of carbonyl (C=O) groups is 2. The number of aliphatic carboxylic acids is 1. The molecule has 0 fully saturated rings. The predicted molar refractivity (Wildman–Crippen MR) is 97.3 cm³/mol. The molecule has 5 nitrogen and oxygen atoms in total. The van der Waals surface area contributed by atoms with E-state index in [2.05, 4.69) is 16.0 Å². The van der Waals surface area contributed by atoms with Crippen molar-refractivity contribution in [3.8, 4) is 5.69 Å². The lowest BCUT2D eigenvalue weighted by molar-refractivity contribution is -0.133. The van der Waals surface area contributed by atoms with Crippen LogP contribution in [0.2, 0.25) is 0 Å². The lowest BCUT2D eigenvalue weighted by Crippen LogP contribution is -2.26. The third-order valence-electron chi connectivity index (χ3n) is 3.69. The van der Waals surface area contributed by atoms with Crippen LogP contribution < -0.4 is 5.32 Å². The Bertz CT molecular complexity index is 753. The van der Waals surface area contributed by atoms with Crippen molar-refractivity contribution in [3.05, 3.63) is 52.8 Å². The first-order chi connectivity index (χ1) is 11.4. The van der Waals surface area contributed by atoms with Crippen LogP contribution >= 0.6 is 11.8 Å². The minimum Gasteiger partial charge on any atom is -0.481 e. The second-order valence-electron chi connectivity index (χ2n) is 5.66. The molecule has 0 radical (unpaired) electrons. The molecule has 2 N–H and O–H groups in total. The number of thioether (sulfide) groups is 1. The molecule has 1 heterocycles. The van der Waals surface area contributed by atoms with Crippen molar-refractivity contribution in [2.45, 2.75) is 20.8 Å². The molecule has 6 heteroatoms. The molecule has 2 aromatic rings. The van der Waals surface area contributed by atoms with Crippen LogP contribution in [-0.4, -0.2) is 39.6 Å². The fourth-order valence-corrected chi connectivity index (χ4v) is 3.21. The Hall–Kier alpha value is -2.21. The fraction of sp³-hybridized carbons (Fsp3) is 0.333. The Kier molecular flexibility index (Phi) is 6.09. The molecule has 1 aromatic heterocycles. The highest BCUT2D eigenvalue weighted by Gasteiger charge is 2.16. The Morgan fingerprint density at radius 3 is 2.62 bits per heavy atom. The summed E-state index contributed by atoms with van der Waals surface area (Å²) in [5.74, 6) is -0.335. The number of amides is 1. The summed E-state index contributed by atoms with van der Waals surface area (Å²) in [6.45, 7) is 6.41. The Balaban J connectivity index is 2.08. The highest BCUT2D eigenvalue weighted by Crippen LogP contribution is 2.21. The zero-order valence-electron chi connectivity index (χ0n) is 14.1. The van der Waals surface area contributed by atoms with Crippen LogP contribution in [0.3, 0.4) is 0 Å². The second kappa shape index (κ2) is 8.06. The highest BCUT2D eigenvalue weighted by molar-refractivity contribution is 7.99. The van der Waals surface area contributed by atoms with E-state index in [4.69, 9.17) is 5.11 Å². The number of rotatable bonds is 7. The zero-order chi connectivity index (χ0) is 17.7. The van der Waals surface area contributed by atoms with Crippen molar-refractivity contribution in [3.63, 3.8) is 0 Å². The summed E-state index contributed by atoms with van der Waals surface area (Å²) in [7, 11) is 0. The maximum absolute atomic E-state index is 12.4. The van der Waals surface area contributed by atoms with Gasteiger partial charge in [0.15, 0.2) is 0 Å². The third-order valence-corrected chi connectivity index (χ3v) is 4.64. The lowest BCUT2D eigenvalue weighted by atomic mass is 10.2. The number of carboxylic acids is 1. The van der Waals surface area contributed by atoms with E-state index < -0.39 is 5.97 Å². The number of hydrogen-bond donors (Lipinski definition) is 2. The van der Waals surface area contributed by atoms with Crippen LogP contribution in [0, 0.1) is 20.8 Å². The maximum Gasteiger partial charge on any atom is 0.313 e. The van der Waals surface area contributed by atoms with E-state index in [0.717, 1.165) is 17.1 Å². The van der Waals surface area contributed by atoms with E-state index in [9.17, 15) is 9.59 Å². The molecule has 1 amide bonds. The fourth-order valence-electron chi connectivity index (χ4n) is 2.65. The molecule has 0 saturated heterocycles. The zero-order valence-corrected chi connectivity index (χ0v) is 14.9. The SMILES string of the molecule is Cc1cccc(-n2c(C)cc(C(=O)NCCSCC(=O)O)c2C)c1. The Morgan fingerprint density at radius 1 is 1.21 bits per heavy atom. The summed E-state index contributed by atoms with van der Waals surface area (Å²) < 4.78 is 2.07. The van der Waals surface area contributed by atoms with Gasteiger partial charge in [-0.15, -0.1) is 11.8 Å². The van der Waals surface area contributed by atoms with Crippen molar-refractivity contribution in [2.75, 3.05) is 18.1 Å². The third kappa shape index (κ3) is 4.41. The number of nitrogens with one attached hydrogen (secondary N) is 1. The standard InChI is InChI=1S/C18H22N2O3S/c1-12-5-4-6-15(9-12)20-13(2)10-16(14(20)3)18(23)19-7-8-24-11-17(21)22/h4-6,9-10H,7-8,11H2,1-3H3,(H,19,23)(H,21,22). The first kappa shape index (κ1) is 18.1. The van der Waals surface area contributed by atoms with E-state index in [0.29, 0.717) is 17.9 Å². The number of aromatic nitrogens is 1. The van der Waals surface area contributed by atoms with Gasteiger partial charge < -0.3 is 15.0 Å². The topological polar surface area (TPSA) is 71.3 Å². The number of benzene rings is 1. The first-order valence-corrected chi connectivity index (χ1v) is 8.89. The van der Waals surface area contributed by atoms with Crippen LogP contribution in [0.4, 0.5) is 0 Å². The van der Waals surface area contributed by atoms with Gasteiger partial charge in [0.25, 0.3) is 5.91 Å².